The van der Waals surface area contributed by atoms with Gasteiger partial charge in [-0.2, -0.15) is 0 Å². The van der Waals surface area contributed by atoms with Crippen LogP contribution in [0.15, 0.2) is 72.9 Å². The molecule has 0 saturated carbocycles. The minimum Gasteiger partial charge on any atom is -0.394 e. The van der Waals surface area contributed by atoms with Crippen LogP contribution < -0.4 is 5.32 Å². The molecule has 12 unspecified atom stereocenters. The topological polar surface area (TPSA) is 228 Å². The maximum Gasteiger partial charge on any atom is 0.220 e. The van der Waals surface area contributed by atoms with E-state index in [9.17, 15) is 45.6 Å². The molecule has 0 aliphatic carbocycles. The van der Waals surface area contributed by atoms with Gasteiger partial charge in [-0.25, -0.2) is 0 Å². The van der Waals surface area contributed by atoms with Gasteiger partial charge in [-0.1, -0.05) is 273 Å². The summed E-state index contributed by atoms with van der Waals surface area (Å²) in [5, 5.41) is 87.4. The maximum atomic E-state index is 13.3. The SMILES string of the molecule is CCCCCCC/C=C\C/C=C\C/C=C\CCCCCCCCCCCCCCCCCCC(=O)NC(COC1OC(CO)C(OC2OC(CO)C(O)C(O)C2O)C(O)C1O)C(O)/C=C/CC/C=C/CC/C=C/CCCCCCCCCCCCCC. The summed E-state index contributed by atoms with van der Waals surface area (Å²) in [4.78, 5) is 13.3. The molecule has 2 saturated heterocycles. The summed E-state index contributed by atoms with van der Waals surface area (Å²) in [6, 6.07) is -0.942. The Kier molecular flexibility index (Phi) is 53.1. The Hall–Kier alpha value is -2.57. The minimum atomic E-state index is -1.80. The first-order chi connectivity index (χ1) is 42.6. The van der Waals surface area contributed by atoms with Crippen LogP contribution in [-0.4, -0.2) is 140 Å². The van der Waals surface area contributed by atoms with Gasteiger partial charge in [0, 0.05) is 6.42 Å². The smallest absolute Gasteiger partial charge is 0.220 e. The van der Waals surface area contributed by atoms with E-state index < -0.39 is 86.8 Å². The predicted molar refractivity (Wildman–Crippen MR) is 355 cm³/mol. The Balaban J connectivity index is 1.68. The van der Waals surface area contributed by atoms with Gasteiger partial charge in [-0.3, -0.25) is 4.79 Å². The van der Waals surface area contributed by atoms with E-state index in [2.05, 4.69) is 79.9 Å². The zero-order valence-corrected chi connectivity index (χ0v) is 55.0. The number of nitrogens with one attached hydrogen (secondary N) is 1. The van der Waals surface area contributed by atoms with E-state index in [1.807, 2.05) is 6.08 Å². The molecule has 2 heterocycles. The molecular formula is C73H131NO13. The van der Waals surface area contributed by atoms with Gasteiger partial charge >= 0.3 is 0 Å². The summed E-state index contributed by atoms with van der Waals surface area (Å²) < 4.78 is 22.8. The second kappa shape index (κ2) is 57.3. The Bertz CT molecular complexity index is 1740. The monoisotopic (exact) mass is 1230 g/mol. The summed E-state index contributed by atoms with van der Waals surface area (Å²) in [5.41, 5.74) is 0. The lowest BCUT2D eigenvalue weighted by molar-refractivity contribution is -0.359. The molecule has 2 aliphatic heterocycles. The zero-order chi connectivity index (χ0) is 63.1. The summed E-state index contributed by atoms with van der Waals surface area (Å²) in [7, 11) is 0. The molecule has 0 radical (unpaired) electrons. The number of aliphatic hydroxyl groups excluding tert-OH is 8. The zero-order valence-electron chi connectivity index (χ0n) is 55.0. The Morgan fingerprint density at radius 1 is 0.414 bits per heavy atom. The van der Waals surface area contributed by atoms with Gasteiger partial charge < -0.3 is 65.1 Å². The van der Waals surface area contributed by atoms with Gasteiger partial charge in [0.25, 0.3) is 0 Å². The highest BCUT2D eigenvalue weighted by Gasteiger charge is 2.51. The number of carbonyl (C=O) groups excluding carboxylic acids is 1. The first-order valence-electron chi connectivity index (χ1n) is 35.7. The highest BCUT2D eigenvalue weighted by molar-refractivity contribution is 5.76. The van der Waals surface area contributed by atoms with E-state index in [0.29, 0.717) is 12.8 Å². The van der Waals surface area contributed by atoms with E-state index >= 15 is 0 Å². The van der Waals surface area contributed by atoms with Gasteiger partial charge in [-0.05, 0) is 83.5 Å². The fraction of sp³-hybridized carbons (Fsp3) is 0.822. The maximum absolute atomic E-state index is 13.3. The quantitative estimate of drug-likeness (QED) is 0.0204. The Morgan fingerprint density at radius 3 is 1.21 bits per heavy atom. The summed E-state index contributed by atoms with van der Waals surface area (Å²) in [6.07, 6.45) is 61.0. The lowest BCUT2D eigenvalue weighted by Gasteiger charge is -2.46. The van der Waals surface area contributed by atoms with Crippen molar-refractivity contribution >= 4 is 5.91 Å². The van der Waals surface area contributed by atoms with E-state index in [4.69, 9.17) is 18.9 Å². The van der Waals surface area contributed by atoms with Crippen LogP contribution in [0.3, 0.4) is 0 Å². The van der Waals surface area contributed by atoms with Crippen molar-refractivity contribution in [2.45, 2.75) is 364 Å². The molecule has 14 nitrogen and oxygen atoms in total. The largest absolute Gasteiger partial charge is 0.394 e. The molecule has 0 bridgehead atoms. The molecule has 506 valence electrons. The molecule has 14 heteroatoms. The molecule has 1 amide bonds. The molecule has 9 N–H and O–H groups in total. The number of allylic oxidation sites excluding steroid dienone is 11. The van der Waals surface area contributed by atoms with Crippen LogP contribution in [0.4, 0.5) is 0 Å². The van der Waals surface area contributed by atoms with Crippen molar-refractivity contribution in [2.24, 2.45) is 0 Å². The standard InChI is InChI=1S/C73H131NO13/c1-3-5-7-9-11-13-15-17-19-21-23-25-27-28-29-30-31-32-33-34-35-37-39-41-43-45-47-49-51-53-55-57-65(78)74-61(60-84-72-70(83)68(81)71(64(59-76)86-72)87-73-69(82)67(80)66(79)63(58-75)85-73)62(77)56-54-52-50-48-46-44-42-40-38-36-26-24-22-20-18-16-14-12-10-8-6-4-2/h15,17,21,23,27-28,38,40,46,48,54,56,61-64,66-73,75-77,79-83H,3-14,16,18-20,22,24-26,29-37,39,41-45,47,49-53,55,57-60H2,1-2H3,(H,74,78)/b17-15-,23-21-,28-27-,40-38+,48-46+,56-54+. The van der Waals surface area contributed by atoms with Crippen molar-refractivity contribution in [2.75, 3.05) is 19.8 Å². The van der Waals surface area contributed by atoms with Crippen molar-refractivity contribution < 1.29 is 64.6 Å². The van der Waals surface area contributed by atoms with Crippen LogP contribution in [0.25, 0.3) is 0 Å². The molecular weight excluding hydrogens is 1100 g/mol. The van der Waals surface area contributed by atoms with Crippen LogP contribution >= 0.6 is 0 Å². The number of carbonyl (C=O) groups is 1. The van der Waals surface area contributed by atoms with Crippen LogP contribution in [0.5, 0.6) is 0 Å². The number of rotatable bonds is 58. The molecule has 2 rings (SSSR count). The number of aliphatic hydroxyl groups is 8. The van der Waals surface area contributed by atoms with Crippen molar-refractivity contribution in [3.05, 3.63) is 72.9 Å². The van der Waals surface area contributed by atoms with E-state index in [1.165, 1.54) is 199 Å². The second-order valence-electron chi connectivity index (χ2n) is 25.0. The van der Waals surface area contributed by atoms with E-state index in [0.717, 1.165) is 57.8 Å². The van der Waals surface area contributed by atoms with E-state index in [-0.39, 0.29) is 18.9 Å². The summed E-state index contributed by atoms with van der Waals surface area (Å²) in [5.74, 6) is -0.252. The van der Waals surface area contributed by atoms with Crippen LogP contribution in [0.2, 0.25) is 0 Å². The first-order valence-corrected chi connectivity index (χ1v) is 35.7. The number of hydrogen-bond donors (Lipinski definition) is 9. The highest BCUT2D eigenvalue weighted by atomic mass is 16.7. The Morgan fingerprint density at radius 2 is 0.770 bits per heavy atom. The molecule has 2 fully saturated rings. The second-order valence-corrected chi connectivity index (χ2v) is 25.0. The van der Waals surface area contributed by atoms with Crippen molar-refractivity contribution in [1.82, 2.24) is 5.32 Å². The fourth-order valence-corrected chi connectivity index (χ4v) is 11.4. The lowest BCUT2D eigenvalue weighted by atomic mass is 9.97. The van der Waals surface area contributed by atoms with Crippen molar-refractivity contribution in [3.8, 4) is 0 Å². The number of ether oxygens (including phenoxy) is 4. The summed E-state index contributed by atoms with van der Waals surface area (Å²) >= 11 is 0. The Labute approximate surface area is 529 Å². The number of amides is 1. The fourth-order valence-electron chi connectivity index (χ4n) is 11.4. The highest BCUT2D eigenvalue weighted by Crippen LogP contribution is 2.30. The number of hydrogen-bond acceptors (Lipinski definition) is 13. The van der Waals surface area contributed by atoms with Gasteiger partial charge in [0.2, 0.25) is 5.91 Å². The van der Waals surface area contributed by atoms with Crippen LogP contribution in [0.1, 0.15) is 290 Å². The third-order valence-corrected chi connectivity index (χ3v) is 17.1. The van der Waals surface area contributed by atoms with Crippen LogP contribution in [-0.2, 0) is 23.7 Å². The average Bonchev–Trinajstić information content (AvgIpc) is 2.33. The van der Waals surface area contributed by atoms with Crippen molar-refractivity contribution in [3.63, 3.8) is 0 Å². The van der Waals surface area contributed by atoms with Crippen molar-refractivity contribution in [1.29, 1.82) is 0 Å². The van der Waals surface area contributed by atoms with Crippen LogP contribution in [0, 0.1) is 0 Å². The molecule has 0 spiro atoms. The normalized spacial score (nSPS) is 23.7. The van der Waals surface area contributed by atoms with E-state index in [1.54, 1.807) is 6.08 Å². The lowest BCUT2D eigenvalue weighted by Crippen LogP contribution is -2.65. The molecule has 0 aromatic heterocycles. The van der Waals surface area contributed by atoms with Gasteiger partial charge in [-0.15, -0.1) is 0 Å². The first kappa shape index (κ1) is 80.5. The molecule has 12 atom stereocenters. The predicted octanol–water partition coefficient (Wildman–Crippen LogP) is 14.6. The average molecular weight is 1230 g/mol. The molecule has 0 aromatic carbocycles. The third-order valence-electron chi connectivity index (χ3n) is 17.1. The van der Waals surface area contributed by atoms with Gasteiger partial charge in [0.05, 0.1) is 32.0 Å². The molecule has 0 aromatic rings. The third kappa shape index (κ3) is 41.5. The molecule has 87 heavy (non-hydrogen) atoms. The molecule has 2 aliphatic rings. The van der Waals surface area contributed by atoms with Gasteiger partial charge in [0.15, 0.2) is 12.6 Å². The number of unbranched alkanes of at least 4 members (excludes halogenated alkanes) is 35. The summed E-state index contributed by atoms with van der Waals surface area (Å²) in [6.45, 7) is 2.79. The van der Waals surface area contributed by atoms with Gasteiger partial charge in [0.1, 0.15) is 48.8 Å². The minimum absolute atomic E-state index is 0.252.